The quantitative estimate of drug-likeness (QED) is 0.888. The number of methoxy groups -OCH3 is 1. The topological polar surface area (TPSA) is 35.2 Å². The summed E-state index contributed by atoms with van der Waals surface area (Å²) in [5.41, 5.74) is 6.89. The van der Waals surface area contributed by atoms with E-state index in [1.807, 2.05) is 0 Å². The first-order chi connectivity index (χ1) is 7.22. The third kappa shape index (κ3) is 2.47. The van der Waals surface area contributed by atoms with Crippen LogP contribution in [0, 0.1) is 11.7 Å². The predicted molar refractivity (Wildman–Crippen MR) is 64.5 cm³/mol. The highest BCUT2D eigenvalue weighted by Gasteiger charge is 2.27. The molecule has 1 atom stereocenters. The lowest BCUT2D eigenvalue weighted by Crippen LogP contribution is -2.27. The van der Waals surface area contributed by atoms with E-state index >= 15 is 0 Å². The summed E-state index contributed by atoms with van der Waals surface area (Å²) in [4.78, 5) is 0. The van der Waals surface area contributed by atoms with Crippen LogP contribution in [0.25, 0.3) is 0 Å². The van der Waals surface area contributed by atoms with Gasteiger partial charge in [0.05, 0.1) is 7.11 Å². The van der Waals surface area contributed by atoms with Gasteiger partial charge in [-0.15, -0.1) is 12.4 Å². The fraction of sp³-hybridized carbons (Fsp3) is 0.500. The van der Waals surface area contributed by atoms with E-state index in [-0.39, 0.29) is 24.3 Å². The van der Waals surface area contributed by atoms with Gasteiger partial charge in [-0.1, -0.05) is 6.42 Å². The van der Waals surface area contributed by atoms with Gasteiger partial charge in [0.15, 0.2) is 0 Å². The summed E-state index contributed by atoms with van der Waals surface area (Å²) in [6, 6.07) is 4.44. The maximum absolute atomic E-state index is 13.1. The largest absolute Gasteiger partial charge is 0.496 e. The number of rotatable bonds is 3. The smallest absolute Gasteiger partial charge is 0.123 e. The summed E-state index contributed by atoms with van der Waals surface area (Å²) in [5.74, 6) is 0.928. The Balaban J connectivity index is 0.00000128. The number of ether oxygens (including phenoxy) is 1. The van der Waals surface area contributed by atoms with Crippen molar-refractivity contribution in [1.82, 2.24) is 0 Å². The van der Waals surface area contributed by atoms with Crippen LogP contribution in [0.1, 0.15) is 30.9 Å². The third-order valence-electron chi connectivity index (χ3n) is 3.21. The van der Waals surface area contributed by atoms with E-state index < -0.39 is 0 Å². The standard InChI is InChI=1S/C12H16FNO.ClH/c1-15-11-6-5-9(13)7-10(11)12(14)8-3-2-4-8;/h5-8,12H,2-4,14H2,1H3;1H/t12-;/m0./s1. The monoisotopic (exact) mass is 245 g/mol. The van der Waals surface area contributed by atoms with Crippen molar-refractivity contribution >= 4 is 12.4 Å². The fourth-order valence-corrected chi connectivity index (χ4v) is 2.02. The predicted octanol–water partition coefficient (Wildman–Crippen LogP) is 3.06. The van der Waals surface area contributed by atoms with Gasteiger partial charge < -0.3 is 10.5 Å². The highest BCUT2D eigenvalue weighted by Crippen LogP contribution is 2.39. The van der Waals surface area contributed by atoms with Gasteiger partial charge in [0.25, 0.3) is 0 Å². The van der Waals surface area contributed by atoms with E-state index in [4.69, 9.17) is 10.5 Å². The van der Waals surface area contributed by atoms with Crippen LogP contribution in [0.3, 0.4) is 0 Å². The zero-order chi connectivity index (χ0) is 10.8. The molecule has 0 unspecified atom stereocenters. The highest BCUT2D eigenvalue weighted by molar-refractivity contribution is 5.85. The SMILES string of the molecule is COc1ccc(F)cc1[C@@H](N)C1CCC1.Cl. The molecule has 1 aliphatic rings. The van der Waals surface area contributed by atoms with E-state index in [1.165, 1.54) is 18.6 Å². The van der Waals surface area contributed by atoms with Crippen LogP contribution in [0.15, 0.2) is 18.2 Å². The maximum Gasteiger partial charge on any atom is 0.123 e. The number of nitrogens with two attached hydrogens (primary N) is 1. The molecule has 1 aliphatic carbocycles. The molecule has 0 heterocycles. The van der Waals surface area contributed by atoms with E-state index in [0.29, 0.717) is 11.7 Å². The fourth-order valence-electron chi connectivity index (χ4n) is 2.02. The molecule has 0 aromatic heterocycles. The summed E-state index contributed by atoms with van der Waals surface area (Å²) in [6.45, 7) is 0. The molecule has 1 fully saturated rings. The minimum absolute atomic E-state index is 0. The van der Waals surface area contributed by atoms with Crippen molar-refractivity contribution in [2.75, 3.05) is 7.11 Å². The van der Waals surface area contributed by atoms with Gasteiger partial charge >= 0.3 is 0 Å². The molecule has 0 saturated heterocycles. The van der Waals surface area contributed by atoms with Crippen molar-refractivity contribution < 1.29 is 9.13 Å². The zero-order valence-corrected chi connectivity index (χ0v) is 10.1. The Kier molecular flexibility index (Phi) is 4.56. The molecule has 1 aromatic carbocycles. The summed E-state index contributed by atoms with van der Waals surface area (Å²) in [5, 5.41) is 0. The van der Waals surface area contributed by atoms with E-state index in [1.54, 1.807) is 13.2 Å². The average Bonchev–Trinajstić information content (AvgIpc) is 2.15. The van der Waals surface area contributed by atoms with Crippen molar-refractivity contribution in [1.29, 1.82) is 0 Å². The molecule has 1 aromatic rings. The second-order valence-corrected chi connectivity index (χ2v) is 4.10. The molecule has 16 heavy (non-hydrogen) atoms. The minimum Gasteiger partial charge on any atom is -0.496 e. The molecule has 1 saturated carbocycles. The van der Waals surface area contributed by atoms with Crippen LogP contribution in [0.4, 0.5) is 4.39 Å². The van der Waals surface area contributed by atoms with Crippen LogP contribution < -0.4 is 10.5 Å². The molecule has 2 nitrogen and oxygen atoms in total. The Morgan fingerprint density at radius 1 is 1.44 bits per heavy atom. The molecule has 2 rings (SSSR count). The molecule has 2 N–H and O–H groups in total. The Labute approximate surface area is 101 Å². The first-order valence-corrected chi connectivity index (χ1v) is 5.31. The van der Waals surface area contributed by atoms with Crippen LogP contribution in [-0.2, 0) is 0 Å². The van der Waals surface area contributed by atoms with E-state index in [0.717, 1.165) is 18.4 Å². The van der Waals surface area contributed by atoms with Gasteiger partial charge in [0.2, 0.25) is 0 Å². The molecule has 0 amide bonds. The molecule has 0 spiro atoms. The van der Waals surface area contributed by atoms with Crippen LogP contribution in [0.5, 0.6) is 5.75 Å². The normalized spacial score (nSPS) is 17.2. The highest BCUT2D eigenvalue weighted by atomic mass is 35.5. The van der Waals surface area contributed by atoms with Gasteiger partial charge in [-0.2, -0.15) is 0 Å². The summed E-state index contributed by atoms with van der Waals surface area (Å²) < 4.78 is 18.3. The average molecular weight is 246 g/mol. The van der Waals surface area contributed by atoms with Crippen LogP contribution >= 0.6 is 12.4 Å². The van der Waals surface area contributed by atoms with Crippen molar-refractivity contribution in [3.8, 4) is 5.75 Å². The van der Waals surface area contributed by atoms with Crippen molar-refractivity contribution in [2.45, 2.75) is 25.3 Å². The van der Waals surface area contributed by atoms with Gasteiger partial charge in [0.1, 0.15) is 11.6 Å². The second kappa shape index (κ2) is 5.51. The van der Waals surface area contributed by atoms with E-state index in [9.17, 15) is 4.39 Å². The number of hydrogen-bond donors (Lipinski definition) is 1. The van der Waals surface area contributed by atoms with E-state index in [2.05, 4.69) is 0 Å². The summed E-state index contributed by atoms with van der Waals surface area (Å²) >= 11 is 0. The lowest BCUT2D eigenvalue weighted by atomic mass is 9.77. The Morgan fingerprint density at radius 3 is 2.62 bits per heavy atom. The minimum atomic E-state index is -0.249. The van der Waals surface area contributed by atoms with Gasteiger partial charge in [-0.25, -0.2) is 4.39 Å². The lowest BCUT2D eigenvalue weighted by Gasteiger charge is -2.32. The van der Waals surface area contributed by atoms with Crippen molar-refractivity contribution in [3.63, 3.8) is 0 Å². The summed E-state index contributed by atoms with van der Waals surface area (Å²) in [6.07, 6.45) is 3.51. The first-order valence-electron chi connectivity index (χ1n) is 5.31. The van der Waals surface area contributed by atoms with Gasteiger partial charge in [-0.3, -0.25) is 0 Å². The third-order valence-corrected chi connectivity index (χ3v) is 3.21. The Morgan fingerprint density at radius 2 is 2.12 bits per heavy atom. The van der Waals surface area contributed by atoms with Crippen LogP contribution in [0.2, 0.25) is 0 Å². The number of benzene rings is 1. The summed E-state index contributed by atoms with van der Waals surface area (Å²) in [7, 11) is 1.59. The van der Waals surface area contributed by atoms with Crippen molar-refractivity contribution in [3.05, 3.63) is 29.6 Å². The lowest BCUT2D eigenvalue weighted by molar-refractivity contribution is 0.259. The zero-order valence-electron chi connectivity index (χ0n) is 9.28. The number of halogens is 2. The van der Waals surface area contributed by atoms with Crippen LogP contribution in [-0.4, -0.2) is 7.11 Å². The van der Waals surface area contributed by atoms with Crippen molar-refractivity contribution in [2.24, 2.45) is 11.7 Å². The first kappa shape index (κ1) is 13.3. The Hall–Kier alpha value is -0.800. The van der Waals surface area contributed by atoms with Gasteiger partial charge in [0, 0.05) is 11.6 Å². The molecule has 4 heteroatoms. The molecular formula is C12H17ClFNO. The second-order valence-electron chi connectivity index (χ2n) is 4.10. The molecular weight excluding hydrogens is 229 g/mol. The van der Waals surface area contributed by atoms with Gasteiger partial charge in [-0.05, 0) is 37.0 Å². The molecule has 0 aliphatic heterocycles. The number of hydrogen-bond acceptors (Lipinski definition) is 2. The molecule has 0 radical (unpaired) electrons. The molecule has 0 bridgehead atoms. The Bertz CT molecular complexity index is 355. The molecule has 90 valence electrons. The maximum atomic E-state index is 13.1.